The fraction of sp³-hybridized carbons (Fsp3) is 0.400. The van der Waals surface area contributed by atoms with Crippen LogP contribution in [0.2, 0.25) is 0 Å². The van der Waals surface area contributed by atoms with Crippen molar-refractivity contribution >= 4 is 17.5 Å². The van der Waals surface area contributed by atoms with E-state index >= 15 is 0 Å². The van der Waals surface area contributed by atoms with E-state index in [4.69, 9.17) is 0 Å². The second kappa shape index (κ2) is 6.20. The molecule has 6 heteroatoms. The molecule has 1 saturated heterocycles. The Morgan fingerprint density at radius 3 is 2.69 bits per heavy atom. The zero-order chi connectivity index (χ0) is 18.3. The molecule has 0 spiro atoms. The van der Waals surface area contributed by atoms with Gasteiger partial charge in [0.15, 0.2) is 0 Å². The largest absolute Gasteiger partial charge is 0.339 e. The number of amides is 2. The second-order valence-corrected chi connectivity index (χ2v) is 7.54. The first-order valence-corrected chi connectivity index (χ1v) is 8.98. The van der Waals surface area contributed by atoms with Gasteiger partial charge in [0, 0.05) is 42.1 Å². The van der Waals surface area contributed by atoms with Crippen molar-refractivity contribution in [1.29, 1.82) is 0 Å². The molecular weight excluding hydrogens is 328 g/mol. The summed E-state index contributed by atoms with van der Waals surface area (Å²) in [5.74, 6) is 0.373. The molecule has 1 fully saturated rings. The van der Waals surface area contributed by atoms with Crippen molar-refractivity contribution in [2.24, 2.45) is 0 Å². The number of carbonyl (C=O) groups excluding carboxylic acids is 2. The minimum Gasteiger partial charge on any atom is -0.339 e. The number of nitrogens with one attached hydrogen (secondary N) is 1. The number of rotatable bonds is 2. The van der Waals surface area contributed by atoms with Crippen molar-refractivity contribution in [2.75, 3.05) is 18.4 Å². The molecule has 2 aromatic rings. The Morgan fingerprint density at radius 2 is 2.00 bits per heavy atom. The first kappa shape index (κ1) is 16.7. The summed E-state index contributed by atoms with van der Waals surface area (Å²) in [6.07, 6.45) is 5.14. The summed E-state index contributed by atoms with van der Waals surface area (Å²) in [5, 5.41) is 2.89. The number of carbonyl (C=O) groups is 2. The van der Waals surface area contributed by atoms with Crippen LogP contribution < -0.4 is 5.32 Å². The number of anilines is 1. The summed E-state index contributed by atoms with van der Waals surface area (Å²) in [5.41, 5.74) is 2.83. The lowest BCUT2D eigenvalue weighted by Crippen LogP contribution is -2.38. The molecule has 26 heavy (non-hydrogen) atoms. The number of likely N-dealkylation sites (tertiary alicyclic amines) is 1. The number of piperidine rings is 1. The molecule has 0 radical (unpaired) electrons. The molecule has 0 unspecified atom stereocenters. The molecule has 2 amide bonds. The van der Waals surface area contributed by atoms with Gasteiger partial charge in [-0.1, -0.05) is 6.07 Å². The average molecular weight is 350 g/mol. The van der Waals surface area contributed by atoms with Crippen LogP contribution in [0.4, 0.5) is 5.69 Å². The highest BCUT2D eigenvalue weighted by atomic mass is 16.2. The number of benzene rings is 1. The Morgan fingerprint density at radius 1 is 1.23 bits per heavy atom. The summed E-state index contributed by atoms with van der Waals surface area (Å²) in [4.78, 5) is 35.2. The number of aromatic nitrogens is 2. The zero-order valence-electron chi connectivity index (χ0n) is 15.0. The van der Waals surface area contributed by atoms with Crippen LogP contribution >= 0.6 is 0 Å². The smallest absolute Gasteiger partial charge is 0.253 e. The van der Waals surface area contributed by atoms with Gasteiger partial charge in [0.2, 0.25) is 5.91 Å². The lowest BCUT2D eigenvalue weighted by atomic mass is 9.86. The van der Waals surface area contributed by atoms with Gasteiger partial charge in [0.1, 0.15) is 6.33 Å². The van der Waals surface area contributed by atoms with E-state index in [-0.39, 0.29) is 11.8 Å². The van der Waals surface area contributed by atoms with Crippen LogP contribution in [0.5, 0.6) is 0 Å². The number of nitrogens with zero attached hydrogens (tertiary/aromatic N) is 3. The molecule has 4 rings (SSSR count). The van der Waals surface area contributed by atoms with Crippen molar-refractivity contribution in [3.63, 3.8) is 0 Å². The quantitative estimate of drug-likeness (QED) is 0.904. The van der Waals surface area contributed by atoms with Crippen molar-refractivity contribution in [3.05, 3.63) is 53.6 Å². The first-order valence-electron chi connectivity index (χ1n) is 8.98. The fourth-order valence-electron chi connectivity index (χ4n) is 3.83. The zero-order valence-corrected chi connectivity index (χ0v) is 15.0. The molecule has 134 valence electrons. The van der Waals surface area contributed by atoms with Gasteiger partial charge in [-0.3, -0.25) is 9.59 Å². The van der Waals surface area contributed by atoms with Crippen molar-refractivity contribution in [3.8, 4) is 0 Å². The summed E-state index contributed by atoms with van der Waals surface area (Å²) in [6, 6.07) is 7.49. The molecule has 0 saturated carbocycles. The van der Waals surface area contributed by atoms with Gasteiger partial charge in [-0.2, -0.15) is 0 Å². The Hall–Kier alpha value is -2.76. The maximum absolute atomic E-state index is 12.9. The number of hydrogen-bond acceptors (Lipinski definition) is 4. The summed E-state index contributed by atoms with van der Waals surface area (Å²) in [6.45, 7) is 5.21. The third-order valence-electron chi connectivity index (χ3n) is 5.56. The Labute approximate surface area is 152 Å². The van der Waals surface area contributed by atoms with Crippen LogP contribution in [-0.2, 0) is 10.2 Å². The van der Waals surface area contributed by atoms with Crippen molar-refractivity contribution < 1.29 is 9.59 Å². The molecule has 0 bridgehead atoms. The van der Waals surface area contributed by atoms with Gasteiger partial charge in [-0.25, -0.2) is 9.97 Å². The number of hydrogen-bond donors (Lipinski definition) is 1. The van der Waals surface area contributed by atoms with Gasteiger partial charge in [0.05, 0.1) is 5.41 Å². The van der Waals surface area contributed by atoms with Gasteiger partial charge >= 0.3 is 0 Å². The molecule has 2 aliphatic rings. The molecular formula is C20H22N4O2. The van der Waals surface area contributed by atoms with E-state index < -0.39 is 5.41 Å². The van der Waals surface area contributed by atoms with Gasteiger partial charge < -0.3 is 10.2 Å². The van der Waals surface area contributed by atoms with Crippen LogP contribution in [0.15, 0.2) is 36.8 Å². The molecule has 1 aromatic carbocycles. The average Bonchev–Trinajstić information content (AvgIpc) is 2.90. The molecule has 1 N–H and O–H groups in total. The highest BCUT2D eigenvalue weighted by Crippen LogP contribution is 2.38. The SMILES string of the molecule is CC1(C)C(=O)Nc2cc(C(=O)N3CCC(c4ccncn4)CC3)ccc21. The van der Waals surface area contributed by atoms with Gasteiger partial charge in [-0.15, -0.1) is 0 Å². The minimum absolute atomic E-state index is 0.0212. The molecule has 2 aliphatic heterocycles. The monoisotopic (exact) mass is 350 g/mol. The molecule has 0 aliphatic carbocycles. The highest BCUT2D eigenvalue weighted by Gasteiger charge is 2.38. The van der Waals surface area contributed by atoms with E-state index in [1.807, 2.05) is 36.9 Å². The Bertz CT molecular complexity index is 855. The van der Waals surface area contributed by atoms with Crippen LogP contribution in [0.25, 0.3) is 0 Å². The first-order chi connectivity index (χ1) is 12.5. The normalized spacial score (nSPS) is 19.2. The van der Waals surface area contributed by atoms with Crippen LogP contribution in [0, 0.1) is 0 Å². The number of fused-ring (bicyclic) bond motifs is 1. The lowest BCUT2D eigenvalue weighted by molar-refractivity contribution is -0.119. The van der Waals surface area contributed by atoms with Gasteiger partial charge in [-0.05, 0) is 50.5 Å². The van der Waals surface area contributed by atoms with E-state index in [1.54, 1.807) is 18.6 Å². The van der Waals surface area contributed by atoms with Crippen LogP contribution in [-0.4, -0.2) is 39.8 Å². The predicted octanol–water partition coefficient (Wildman–Crippen LogP) is 2.73. The fourth-order valence-corrected chi connectivity index (χ4v) is 3.83. The van der Waals surface area contributed by atoms with E-state index in [2.05, 4.69) is 15.3 Å². The van der Waals surface area contributed by atoms with Crippen LogP contribution in [0.1, 0.15) is 54.2 Å². The molecule has 0 atom stereocenters. The lowest BCUT2D eigenvalue weighted by Gasteiger charge is -2.31. The second-order valence-electron chi connectivity index (χ2n) is 7.54. The van der Waals surface area contributed by atoms with E-state index in [9.17, 15) is 9.59 Å². The maximum atomic E-state index is 12.9. The maximum Gasteiger partial charge on any atom is 0.253 e. The summed E-state index contributed by atoms with van der Waals surface area (Å²) in [7, 11) is 0. The summed E-state index contributed by atoms with van der Waals surface area (Å²) >= 11 is 0. The van der Waals surface area contributed by atoms with E-state index in [0.717, 1.165) is 29.8 Å². The molecule has 1 aromatic heterocycles. The Balaban J connectivity index is 1.47. The minimum atomic E-state index is -0.549. The predicted molar refractivity (Wildman–Crippen MR) is 98.0 cm³/mol. The highest BCUT2D eigenvalue weighted by molar-refractivity contribution is 6.07. The third kappa shape index (κ3) is 2.75. The van der Waals surface area contributed by atoms with Crippen molar-refractivity contribution in [1.82, 2.24) is 14.9 Å². The standard InChI is InChI=1S/C20H22N4O2/c1-20(2)15-4-3-14(11-17(15)23-19(20)26)18(25)24-9-6-13(7-10-24)16-5-8-21-12-22-16/h3-5,8,11-13H,6-7,9-10H2,1-2H3,(H,23,26). The third-order valence-corrected chi connectivity index (χ3v) is 5.56. The van der Waals surface area contributed by atoms with Crippen LogP contribution in [0.3, 0.4) is 0 Å². The van der Waals surface area contributed by atoms with Gasteiger partial charge in [0.25, 0.3) is 5.91 Å². The van der Waals surface area contributed by atoms with E-state index in [1.165, 1.54) is 0 Å². The topological polar surface area (TPSA) is 75.2 Å². The molecule has 3 heterocycles. The summed E-state index contributed by atoms with van der Waals surface area (Å²) < 4.78 is 0. The van der Waals surface area contributed by atoms with E-state index in [0.29, 0.717) is 24.6 Å². The van der Waals surface area contributed by atoms with Crippen molar-refractivity contribution in [2.45, 2.75) is 38.0 Å². The Kier molecular flexibility index (Phi) is 3.98. The molecule has 6 nitrogen and oxygen atoms in total.